The van der Waals surface area contributed by atoms with Gasteiger partial charge in [0.15, 0.2) is 0 Å². The summed E-state index contributed by atoms with van der Waals surface area (Å²) in [7, 11) is 0. The number of hydrogen-bond acceptors (Lipinski definition) is 7. The highest BCUT2D eigenvalue weighted by atomic mass is 16.6. The molecule has 0 bridgehead atoms. The van der Waals surface area contributed by atoms with Crippen LogP contribution in [0.5, 0.6) is 0 Å². The topological polar surface area (TPSA) is 136 Å². The lowest BCUT2D eigenvalue weighted by molar-refractivity contribution is -0.385. The van der Waals surface area contributed by atoms with Crippen molar-refractivity contribution in [2.45, 2.75) is 39.0 Å². The third-order valence-corrected chi connectivity index (χ3v) is 5.30. The van der Waals surface area contributed by atoms with Crippen molar-refractivity contribution in [1.29, 1.82) is 0 Å². The van der Waals surface area contributed by atoms with Crippen molar-refractivity contribution in [1.82, 2.24) is 4.90 Å². The highest BCUT2D eigenvalue weighted by molar-refractivity contribution is 6.23. The Kier molecular flexibility index (Phi) is 8.07. The number of unbranched alkanes of at least 4 members (excludes halogenated alkanes) is 2. The molecule has 1 heterocycles. The van der Waals surface area contributed by atoms with Crippen LogP contribution in [0.4, 0.5) is 11.4 Å². The summed E-state index contributed by atoms with van der Waals surface area (Å²) in [4.78, 5) is 60.5. The molecule has 0 spiro atoms. The number of nitrogens with one attached hydrogen (secondary N) is 1. The predicted molar refractivity (Wildman–Crippen MR) is 123 cm³/mol. The van der Waals surface area contributed by atoms with Gasteiger partial charge in [0, 0.05) is 24.7 Å². The Morgan fingerprint density at radius 3 is 2.44 bits per heavy atom. The Hall–Kier alpha value is -4.08. The van der Waals surface area contributed by atoms with Crippen molar-refractivity contribution in [3.63, 3.8) is 0 Å². The molecule has 10 heteroatoms. The maximum absolute atomic E-state index is 12.5. The van der Waals surface area contributed by atoms with Gasteiger partial charge in [0.2, 0.25) is 5.91 Å². The van der Waals surface area contributed by atoms with E-state index in [1.165, 1.54) is 18.2 Å². The second kappa shape index (κ2) is 11.2. The van der Waals surface area contributed by atoms with Gasteiger partial charge in [0.25, 0.3) is 17.5 Å². The van der Waals surface area contributed by atoms with E-state index >= 15 is 0 Å². The average molecular weight is 467 g/mol. The third-order valence-electron chi connectivity index (χ3n) is 5.30. The number of hydrogen-bond donors (Lipinski definition) is 1. The molecule has 0 fully saturated rings. The number of esters is 1. The van der Waals surface area contributed by atoms with Crippen LogP contribution in [0.15, 0.2) is 42.5 Å². The Balaban J connectivity index is 1.41. The van der Waals surface area contributed by atoms with E-state index < -0.39 is 22.7 Å². The van der Waals surface area contributed by atoms with Crippen LogP contribution in [-0.4, -0.2) is 46.7 Å². The number of nitro benzene ring substituents is 1. The minimum atomic E-state index is -0.669. The quantitative estimate of drug-likeness (QED) is 0.174. The maximum Gasteiger partial charge on any atom is 0.338 e. The average Bonchev–Trinajstić information content (AvgIpc) is 3.07. The fraction of sp³-hybridized carbons (Fsp3) is 0.333. The normalized spacial score (nSPS) is 12.4. The second-order valence-corrected chi connectivity index (χ2v) is 7.79. The number of rotatable bonds is 11. The smallest absolute Gasteiger partial charge is 0.338 e. The monoisotopic (exact) mass is 467 g/mol. The summed E-state index contributed by atoms with van der Waals surface area (Å²) in [6.07, 6.45) is 2.58. The van der Waals surface area contributed by atoms with Crippen LogP contribution in [-0.2, 0) is 9.53 Å². The third kappa shape index (κ3) is 5.64. The molecule has 178 valence electrons. The van der Waals surface area contributed by atoms with Gasteiger partial charge in [-0.25, -0.2) is 4.79 Å². The van der Waals surface area contributed by atoms with Crippen LogP contribution >= 0.6 is 0 Å². The molecule has 0 aromatic heterocycles. The predicted octanol–water partition coefficient (Wildman–Crippen LogP) is 3.96. The zero-order valence-corrected chi connectivity index (χ0v) is 18.7. The van der Waals surface area contributed by atoms with Gasteiger partial charge in [-0.05, 0) is 49.6 Å². The lowest BCUT2D eigenvalue weighted by Crippen LogP contribution is -2.30. The van der Waals surface area contributed by atoms with E-state index in [9.17, 15) is 29.3 Å². The lowest BCUT2D eigenvalue weighted by Gasteiger charge is -2.13. The van der Waals surface area contributed by atoms with Gasteiger partial charge in [-0.3, -0.25) is 29.4 Å². The van der Waals surface area contributed by atoms with E-state index in [2.05, 4.69) is 5.32 Å². The molecule has 0 saturated carbocycles. The first-order chi connectivity index (χ1) is 16.3. The molecule has 1 N–H and O–H groups in total. The van der Waals surface area contributed by atoms with Crippen LogP contribution in [0.2, 0.25) is 0 Å². The van der Waals surface area contributed by atoms with Crippen LogP contribution in [0.1, 0.15) is 70.1 Å². The fourth-order valence-corrected chi connectivity index (χ4v) is 3.59. The van der Waals surface area contributed by atoms with Crippen molar-refractivity contribution in [2.75, 3.05) is 18.5 Å². The number of amides is 3. The molecular weight excluding hydrogens is 442 g/mol. The zero-order chi connectivity index (χ0) is 24.7. The van der Waals surface area contributed by atoms with Crippen LogP contribution in [0.3, 0.4) is 0 Å². The molecule has 3 amide bonds. The molecule has 0 atom stereocenters. The van der Waals surface area contributed by atoms with E-state index in [0.717, 1.165) is 11.3 Å². The van der Waals surface area contributed by atoms with E-state index in [4.69, 9.17) is 4.74 Å². The number of carbonyl (C=O) groups is 4. The SMILES string of the molecule is CCCOC(=O)c1ccc(NC(=O)CCCCCN2C(=O)c3cccc([N+](=O)[O-])c3C2=O)cc1. The van der Waals surface area contributed by atoms with E-state index in [0.29, 0.717) is 37.1 Å². The summed E-state index contributed by atoms with van der Waals surface area (Å²) in [5, 5.41) is 13.9. The minimum absolute atomic E-state index is 0.0447. The van der Waals surface area contributed by atoms with Crippen molar-refractivity contribution < 1.29 is 28.8 Å². The van der Waals surface area contributed by atoms with Crippen LogP contribution in [0.25, 0.3) is 0 Å². The van der Waals surface area contributed by atoms with E-state index in [1.807, 2.05) is 6.92 Å². The molecule has 1 aliphatic rings. The molecule has 0 unspecified atom stereocenters. The van der Waals surface area contributed by atoms with Gasteiger partial charge in [0.05, 0.1) is 22.7 Å². The minimum Gasteiger partial charge on any atom is -0.462 e. The number of fused-ring (bicyclic) bond motifs is 1. The van der Waals surface area contributed by atoms with Crippen molar-refractivity contribution >= 4 is 35.1 Å². The molecular formula is C24H25N3O7. The molecule has 1 aliphatic heterocycles. The number of nitro groups is 1. The highest BCUT2D eigenvalue weighted by Gasteiger charge is 2.40. The molecule has 3 rings (SSSR count). The molecule has 0 aliphatic carbocycles. The number of carbonyl (C=O) groups excluding carboxylic acids is 4. The van der Waals surface area contributed by atoms with Gasteiger partial charge in [-0.1, -0.05) is 19.4 Å². The van der Waals surface area contributed by atoms with Gasteiger partial charge in [0.1, 0.15) is 5.56 Å². The Bertz CT molecular complexity index is 1110. The van der Waals surface area contributed by atoms with E-state index in [1.54, 1.807) is 24.3 Å². The number of benzene rings is 2. The van der Waals surface area contributed by atoms with E-state index in [-0.39, 0.29) is 35.7 Å². The standard InChI is InChI=1S/C24H25N3O7/c1-2-15-34-24(31)16-10-12-17(13-11-16)25-20(28)9-4-3-5-14-26-22(29)18-7-6-8-19(27(32)33)21(18)23(26)30/h6-8,10-13H,2-5,9,14-15H2,1H3,(H,25,28). The molecule has 10 nitrogen and oxygen atoms in total. The number of anilines is 1. The number of ether oxygens (including phenoxy) is 1. The molecule has 34 heavy (non-hydrogen) atoms. The van der Waals surface area contributed by atoms with Gasteiger partial charge >= 0.3 is 5.97 Å². The highest BCUT2D eigenvalue weighted by Crippen LogP contribution is 2.30. The first-order valence-corrected chi connectivity index (χ1v) is 11.0. The van der Waals surface area contributed by atoms with Crippen LogP contribution in [0, 0.1) is 10.1 Å². The molecule has 2 aromatic rings. The zero-order valence-electron chi connectivity index (χ0n) is 18.7. The Morgan fingerprint density at radius 1 is 1.03 bits per heavy atom. The molecule has 2 aromatic carbocycles. The Morgan fingerprint density at radius 2 is 1.76 bits per heavy atom. The molecule has 0 saturated heterocycles. The summed E-state index contributed by atoms with van der Waals surface area (Å²) < 4.78 is 5.06. The summed E-state index contributed by atoms with van der Waals surface area (Å²) in [6, 6.07) is 10.4. The number of imide groups is 1. The van der Waals surface area contributed by atoms with Gasteiger partial charge in [-0.2, -0.15) is 0 Å². The van der Waals surface area contributed by atoms with Crippen molar-refractivity contribution in [2.24, 2.45) is 0 Å². The number of nitrogens with zero attached hydrogens (tertiary/aromatic N) is 2. The van der Waals surface area contributed by atoms with Crippen molar-refractivity contribution in [3.05, 3.63) is 69.3 Å². The second-order valence-electron chi connectivity index (χ2n) is 7.79. The van der Waals surface area contributed by atoms with Gasteiger partial charge < -0.3 is 10.1 Å². The largest absolute Gasteiger partial charge is 0.462 e. The van der Waals surface area contributed by atoms with Crippen molar-refractivity contribution in [3.8, 4) is 0 Å². The summed E-state index contributed by atoms with van der Waals surface area (Å²) in [5.41, 5.74) is 0.472. The summed E-state index contributed by atoms with van der Waals surface area (Å²) >= 11 is 0. The fourth-order valence-electron chi connectivity index (χ4n) is 3.59. The van der Waals surface area contributed by atoms with Gasteiger partial charge in [-0.15, -0.1) is 0 Å². The van der Waals surface area contributed by atoms with Crippen LogP contribution < -0.4 is 5.32 Å². The first kappa shape index (κ1) is 24.6. The Labute approximate surface area is 196 Å². The molecule has 0 radical (unpaired) electrons. The summed E-state index contributed by atoms with van der Waals surface area (Å²) in [6.45, 7) is 2.38. The lowest BCUT2D eigenvalue weighted by atomic mass is 10.1. The maximum atomic E-state index is 12.5. The first-order valence-electron chi connectivity index (χ1n) is 11.0. The summed E-state index contributed by atoms with van der Waals surface area (Å²) in [5.74, 6) is -1.81.